The molecule has 0 saturated heterocycles. The van der Waals surface area contributed by atoms with Crippen LogP contribution in [0.15, 0.2) is 83.1 Å². The van der Waals surface area contributed by atoms with Crippen LogP contribution in [0.4, 0.5) is 10.1 Å². The number of anilines is 1. The molecule has 7 nitrogen and oxygen atoms in total. The molecule has 0 unspecified atom stereocenters. The van der Waals surface area contributed by atoms with Gasteiger partial charge in [0.15, 0.2) is 0 Å². The fourth-order valence-electron chi connectivity index (χ4n) is 3.37. The number of para-hydroxylation sites is 1. The van der Waals surface area contributed by atoms with E-state index < -0.39 is 11.7 Å². The van der Waals surface area contributed by atoms with Crippen molar-refractivity contribution in [3.05, 3.63) is 95.8 Å². The van der Waals surface area contributed by atoms with E-state index in [0.717, 1.165) is 10.9 Å². The number of nitriles is 1. The third-order valence-electron chi connectivity index (χ3n) is 4.94. The van der Waals surface area contributed by atoms with E-state index in [1.54, 1.807) is 29.2 Å². The van der Waals surface area contributed by atoms with Crippen molar-refractivity contribution in [3.8, 4) is 6.07 Å². The number of furan rings is 1. The van der Waals surface area contributed by atoms with Crippen LogP contribution in [0.3, 0.4) is 0 Å². The molecular weight excluding hydrogens is 423 g/mol. The molecule has 0 saturated carbocycles. The van der Waals surface area contributed by atoms with Crippen molar-refractivity contribution < 1.29 is 18.4 Å². The number of aromatic nitrogens is 1. The van der Waals surface area contributed by atoms with Crippen molar-refractivity contribution in [2.75, 3.05) is 5.32 Å². The maximum absolute atomic E-state index is 13.1. The highest BCUT2D eigenvalue weighted by atomic mass is 19.1. The van der Waals surface area contributed by atoms with E-state index >= 15 is 0 Å². The Labute approximate surface area is 188 Å². The van der Waals surface area contributed by atoms with Gasteiger partial charge in [-0.05, 0) is 48.5 Å². The van der Waals surface area contributed by atoms with Crippen molar-refractivity contribution in [2.24, 2.45) is 0 Å². The lowest BCUT2D eigenvalue weighted by Crippen LogP contribution is -2.26. The summed E-state index contributed by atoms with van der Waals surface area (Å²) in [5.41, 5.74) is 1.66. The van der Waals surface area contributed by atoms with Crippen LogP contribution in [0.2, 0.25) is 0 Å². The van der Waals surface area contributed by atoms with Gasteiger partial charge in [0, 0.05) is 28.4 Å². The Morgan fingerprint density at radius 1 is 1.09 bits per heavy atom. The van der Waals surface area contributed by atoms with Gasteiger partial charge in [-0.2, -0.15) is 5.26 Å². The summed E-state index contributed by atoms with van der Waals surface area (Å²) in [5, 5.41) is 15.7. The molecule has 2 N–H and O–H groups in total. The normalized spacial score (nSPS) is 11.2. The molecule has 33 heavy (non-hydrogen) atoms. The van der Waals surface area contributed by atoms with Crippen molar-refractivity contribution in [1.82, 2.24) is 9.88 Å². The van der Waals surface area contributed by atoms with Crippen LogP contribution in [0.1, 0.15) is 11.3 Å². The average molecular weight is 442 g/mol. The van der Waals surface area contributed by atoms with Crippen LogP contribution >= 0.6 is 0 Å². The topological polar surface area (TPSA) is 100 Å². The number of rotatable bonds is 7. The predicted molar refractivity (Wildman–Crippen MR) is 121 cm³/mol. The van der Waals surface area contributed by atoms with Gasteiger partial charge >= 0.3 is 0 Å². The third-order valence-corrected chi connectivity index (χ3v) is 4.94. The largest absolute Gasteiger partial charge is 0.467 e. The van der Waals surface area contributed by atoms with Crippen LogP contribution in [0.5, 0.6) is 0 Å². The zero-order valence-electron chi connectivity index (χ0n) is 17.4. The summed E-state index contributed by atoms with van der Waals surface area (Å²) in [6, 6.07) is 18.1. The minimum atomic E-state index is -0.614. The summed E-state index contributed by atoms with van der Waals surface area (Å²) in [6.45, 7) is 0.332. The SMILES string of the molecule is N#CC(=Cc1cn(CC(=O)NCc2ccco2)c2ccccc12)C(=O)Nc1ccc(F)cc1. The molecule has 0 spiro atoms. The molecule has 0 aliphatic heterocycles. The van der Waals surface area contributed by atoms with Crippen LogP contribution in [0, 0.1) is 17.1 Å². The minimum absolute atomic E-state index is 0.0543. The number of hydrogen-bond donors (Lipinski definition) is 2. The molecule has 4 aromatic rings. The number of halogens is 1. The quantitative estimate of drug-likeness (QED) is 0.330. The molecule has 2 aromatic heterocycles. The van der Waals surface area contributed by atoms with Gasteiger partial charge in [-0.25, -0.2) is 4.39 Å². The van der Waals surface area contributed by atoms with Crippen LogP contribution in [-0.2, 0) is 22.7 Å². The van der Waals surface area contributed by atoms with Gasteiger partial charge in [-0.1, -0.05) is 18.2 Å². The van der Waals surface area contributed by atoms with Gasteiger partial charge in [0.1, 0.15) is 29.8 Å². The molecule has 0 aliphatic carbocycles. The smallest absolute Gasteiger partial charge is 0.266 e. The van der Waals surface area contributed by atoms with E-state index in [2.05, 4.69) is 10.6 Å². The molecule has 8 heteroatoms. The van der Waals surface area contributed by atoms with Gasteiger partial charge in [0.25, 0.3) is 5.91 Å². The lowest BCUT2D eigenvalue weighted by Gasteiger charge is -2.06. The molecule has 164 valence electrons. The number of nitrogens with zero attached hydrogens (tertiary/aromatic N) is 2. The molecule has 0 atom stereocenters. The molecule has 0 aliphatic rings. The van der Waals surface area contributed by atoms with Gasteiger partial charge in [0.2, 0.25) is 5.91 Å². The molecule has 2 aromatic carbocycles. The Bertz CT molecular complexity index is 1360. The van der Waals surface area contributed by atoms with Gasteiger partial charge in [-0.15, -0.1) is 0 Å². The highest BCUT2D eigenvalue weighted by Gasteiger charge is 2.14. The van der Waals surface area contributed by atoms with Crippen molar-refractivity contribution in [1.29, 1.82) is 5.26 Å². The lowest BCUT2D eigenvalue weighted by molar-refractivity contribution is -0.121. The second kappa shape index (κ2) is 9.66. The Hall–Kier alpha value is -4.64. The van der Waals surface area contributed by atoms with Crippen molar-refractivity contribution in [2.45, 2.75) is 13.1 Å². The van der Waals surface area contributed by atoms with E-state index in [1.165, 1.54) is 30.3 Å². The van der Waals surface area contributed by atoms with Gasteiger partial charge in [0.05, 0.1) is 12.8 Å². The third kappa shape index (κ3) is 5.17. The average Bonchev–Trinajstić information content (AvgIpc) is 3.46. The van der Waals surface area contributed by atoms with E-state index in [0.29, 0.717) is 17.0 Å². The first-order chi connectivity index (χ1) is 16.0. The van der Waals surface area contributed by atoms with E-state index in [9.17, 15) is 19.2 Å². The van der Waals surface area contributed by atoms with Crippen molar-refractivity contribution in [3.63, 3.8) is 0 Å². The number of benzene rings is 2. The standard InChI is InChI=1S/C25H19FN4O3/c26-19-7-9-20(10-8-19)29-25(32)17(13-27)12-18-15-30(23-6-2-1-5-22(18)23)16-24(31)28-14-21-4-3-11-33-21/h1-12,15H,14,16H2,(H,28,31)(H,29,32). The van der Waals surface area contributed by atoms with Gasteiger partial charge < -0.3 is 19.6 Å². The Kier molecular flexibility index (Phi) is 6.32. The summed E-state index contributed by atoms with van der Waals surface area (Å²) < 4.78 is 20.1. The number of carbonyl (C=O) groups is 2. The van der Waals surface area contributed by atoms with E-state index in [-0.39, 0.29) is 24.6 Å². The fourth-order valence-corrected chi connectivity index (χ4v) is 3.37. The highest BCUT2D eigenvalue weighted by molar-refractivity contribution is 6.10. The van der Waals surface area contributed by atoms with E-state index in [4.69, 9.17) is 4.42 Å². The summed E-state index contributed by atoms with van der Waals surface area (Å²) in [4.78, 5) is 25.0. The summed E-state index contributed by atoms with van der Waals surface area (Å²) in [5.74, 6) is -0.602. The molecule has 0 bridgehead atoms. The monoisotopic (exact) mass is 442 g/mol. The lowest BCUT2D eigenvalue weighted by atomic mass is 10.1. The van der Waals surface area contributed by atoms with Crippen molar-refractivity contribution >= 4 is 34.5 Å². The summed E-state index contributed by atoms with van der Waals surface area (Å²) >= 11 is 0. The molecular formula is C25H19FN4O3. The van der Waals surface area contributed by atoms with Crippen LogP contribution in [-0.4, -0.2) is 16.4 Å². The molecule has 4 rings (SSSR count). The van der Waals surface area contributed by atoms with Gasteiger partial charge in [-0.3, -0.25) is 9.59 Å². The molecule has 2 heterocycles. The Balaban J connectivity index is 1.55. The Morgan fingerprint density at radius 3 is 2.61 bits per heavy atom. The second-order valence-electron chi connectivity index (χ2n) is 7.22. The molecule has 0 fully saturated rings. The number of carbonyl (C=O) groups excluding carboxylic acids is 2. The first-order valence-corrected chi connectivity index (χ1v) is 10.1. The van der Waals surface area contributed by atoms with Crippen LogP contribution in [0.25, 0.3) is 17.0 Å². The molecule has 0 radical (unpaired) electrons. The number of amides is 2. The maximum Gasteiger partial charge on any atom is 0.266 e. The predicted octanol–water partition coefficient (Wildman–Crippen LogP) is 4.24. The fraction of sp³-hybridized carbons (Fsp3) is 0.0800. The zero-order valence-corrected chi connectivity index (χ0v) is 17.4. The highest BCUT2D eigenvalue weighted by Crippen LogP contribution is 2.24. The minimum Gasteiger partial charge on any atom is -0.467 e. The summed E-state index contributed by atoms with van der Waals surface area (Å²) in [6.07, 6.45) is 4.73. The van der Waals surface area contributed by atoms with Crippen LogP contribution < -0.4 is 10.6 Å². The number of fused-ring (bicyclic) bond motifs is 1. The number of nitrogens with one attached hydrogen (secondary N) is 2. The second-order valence-corrected chi connectivity index (χ2v) is 7.22. The number of hydrogen-bond acceptors (Lipinski definition) is 4. The first kappa shape index (κ1) is 21.6. The maximum atomic E-state index is 13.1. The summed E-state index contributed by atoms with van der Waals surface area (Å²) in [7, 11) is 0. The Morgan fingerprint density at radius 2 is 1.88 bits per heavy atom. The molecule has 2 amide bonds. The van der Waals surface area contributed by atoms with E-state index in [1.807, 2.05) is 30.3 Å². The first-order valence-electron chi connectivity index (χ1n) is 10.1. The zero-order chi connectivity index (χ0) is 23.2.